The molecule has 0 aromatic carbocycles. The average molecular weight is 789 g/mol. The normalized spacial score (nSPS) is 0. The van der Waals surface area contributed by atoms with Crippen LogP contribution in [-0.2, 0) is 27.3 Å². The Bertz CT molecular complexity index is 15.5. The Morgan fingerprint density at radius 3 is 1.00 bits per heavy atom. The Balaban J connectivity index is 0. The monoisotopic (exact) mass is 793 g/mol. The number of hydrogen-bond acceptors (Lipinski definition) is 0. The van der Waals surface area contributed by atoms with Crippen molar-refractivity contribution in [2.75, 3.05) is 0 Å². The van der Waals surface area contributed by atoms with Crippen molar-refractivity contribution in [3.63, 3.8) is 0 Å². The van der Waals surface area contributed by atoms with Crippen LogP contribution in [0.4, 0.5) is 0 Å². The molecule has 17 radical (unpaired) electrons. The van der Waals surface area contributed by atoms with Gasteiger partial charge in [-0.1, -0.05) is 0 Å². The standard InChI is InChI=1S/Al.Bi.Cd.In.Pb.Sn. The van der Waals surface area contributed by atoms with Gasteiger partial charge in [-0.05, 0) is 0 Å². The predicted molar refractivity (Wildman–Crippen MR) is 28.8 cm³/mol. The molecule has 0 rings (SSSR count). The molecule has 0 atom stereocenters. The molecule has 0 nitrogen and oxygen atoms in total. The molecule has 0 aliphatic rings. The molecule has 0 saturated heterocycles. The third kappa shape index (κ3) is 23.1. The van der Waals surface area contributed by atoms with Gasteiger partial charge in [0.2, 0.25) is 0 Å². The molecule has 0 aromatic heterocycles. The van der Waals surface area contributed by atoms with Crippen LogP contribution in [0, 0.1) is 0 Å². The average Bonchev–Trinajstić information content (AvgIpc) is 0. The molecule has 0 N–H and O–H groups in total. The Morgan fingerprint density at radius 1 is 1.00 bits per heavy atom. The van der Waals surface area contributed by atoms with Crippen molar-refractivity contribution in [1.82, 2.24) is 0 Å². The molecule has 0 saturated carbocycles. The van der Waals surface area contributed by atoms with Crippen molar-refractivity contribution in [1.29, 1.82) is 0 Å². The fraction of sp³-hybridized carbons (Fsp3) is 0. The first-order valence-electron chi connectivity index (χ1n) is 0. The first-order valence-corrected chi connectivity index (χ1v) is 0. The van der Waals surface area contributed by atoms with Crippen LogP contribution >= 0.6 is 0 Å². The van der Waals surface area contributed by atoms with Gasteiger partial charge in [0.1, 0.15) is 0 Å². The molecule has 0 aliphatic carbocycles. The molecule has 0 unspecified atom stereocenters. The minimum atomic E-state index is 0. The predicted octanol–water partition coefficient (Wildman–Crippen LogP) is -1.91. The van der Waals surface area contributed by atoms with Gasteiger partial charge in [-0.3, -0.25) is 0 Å². The Labute approximate surface area is 144 Å². The van der Waals surface area contributed by atoms with Crippen molar-refractivity contribution in [3.8, 4) is 0 Å². The summed E-state index contributed by atoms with van der Waals surface area (Å²) >= 11 is 0. The Kier molecular flexibility index (Phi) is 241. The second-order valence-electron chi connectivity index (χ2n) is 0. The first-order chi connectivity index (χ1) is 0. The van der Waals surface area contributed by atoms with Gasteiger partial charge in [-0.2, -0.15) is 0 Å². The molecule has 21 valence electrons. The maximum absolute atomic E-state index is 0. The van der Waals surface area contributed by atoms with E-state index in [1.54, 1.807) is 0 Å². The zero-order valence-corrected chi connectivity index (χ0v) is 22.0. The molecule has 0 bridgehead atoms. The second kappa shape index (κ2) is 32.6. The van der Waals surface area contributed by atoms with E-state index in [1.165, 1.54) is 0 Å². The topological polar surface area (TPSA) is 0 Å². The number of hydrogen-bond donors (Lipinski definition) is 0. The molecule has 0 heterocycles. The van der Waals surface area contributed by atoms with E-state index in [-0.39, 0.29) is 148 Å². The van der Waals surface area contributed by atoms with Gasteiger partial charge in [-0.25, -0.2) is 0 Å². The summed E-state index contributed by atoms with van der Waals surface area (Å²) in [6.45, 7) is 0. The molecule has 0 spiro atoms. The smallest absolute Gasteiger partial charge is 0 e. The molecular formula is AlBiCdInPbSn. The summed E-state index contributed by atoms with van der Waals surface area (Å²) in [4.78, 5) is 0. The van der Waals surface area contributed by atoms with Gasteiger partial charge in [0, 0.05) is 148 Å². The zero-order chi connectivity index (χ0) is 0. The van der Waals surface area contributed by atoms with E-state index in [2.05, 4.69) is 0 Å². The van der Waals surface area contributed by atoms with E-state index in [4.69, 9.17) is 0 Å². The minimum absolute atomic E-state index is 0. The maximum Gasteiger partial charge on any atom is 0 e. The van der Waals surface area contributed by atoms with Crippen molar-refractivity contribution in [3.05, 3.63) is 0 Å². The van der Waals surface area contributed by atoms with Gasteiger partial charge in [0.15, 0.2) is 0 Å². The van der Waals surface area contributed by atoms with E-state index >= 15 is 0 Å². The summed E-state index contributed by atoms with van der Waals surface area (Å²) in [5.74, 6) is 0. The number of rotatable bonds is 0. The van der Waals surface area contributed by atoms with E-state index in [0.717, 1.165) is 0 Å². The summed E-state index contributed by atoms with van der Waals surface area (Å²) in [5, 5.41) is 0. The summed E-state index contributed by atoms with van der Waals surface area (Å²) in [7, 11) is 0. The fourth-order valence-corrected chi connectivity index (χ4v) is 0. The van der Waals surface area contributed by atoms with Gasteiger partial charge in [-0.15, -0.1) is 0 Å². The molecule has 6 heavy (non-hydrogen) atoms. The fourth-order valence-electron chi connectivity index (χ4n) is 0. The summed E-state index contributed by atoms with van der Waals surface area (Å²) in [6, 6.07) is 0. The summed E-state index contributed by atoms with van der Waals surface area (Å²) in [5.41, 5.74) is 0. The molecular weight excluding hydrogens is 789 g/mol. The van der Waals surface area contributed by atoms with Crippen molar-refractivity contribution in [2.24, 2.45) is 0 Å². The third-order valence-corrected chi connectivity index (χ3v) is 0. The molecule has 0 amide bonds. The van der Waals surface area contributed by atoms with E-state index < -0.39 is 0 Å². The van der Waals surface area contributed by atoms with Crippen molar-refractivity contribution < 1.29 is 27.3 Å². The zero-order valence-electron chi connectivity index (χ0n) is 3.31. The SMILES string of the molecule is [Al].[Bi].[Cd].[In].[Pb].[Sn]. The second-order valence-corrected chi connectivity index (χ2v) is 0. The van der Waals surface area contributed by atoms with Crippen LogP contribution in [0.3, 0.4) is 0 Å². The quantitative estimate of drug-likeness (QED) is 0.252. The first kappa shape index (κ1) is 44.4. The van der Waals surface area contributed by atoms with Gasteiger partial charge < -0.3 is 0 Å². The van der Waals surface area contributed by atoms with Crippen LogP contribution in [-0.4, -0.2) is 121 Å². The molecule has 0 fully saturated rings. The Hall–Kier alpha value is 4.93. The minimum Gasteiger partial charge on any atom is 0 e. The van der Waals surface area contributed by atoms with E-state index in [1.807, 2.05) is 0 Å². The molecule has 0 aliphatic heterocycles. The summed E-state index contributed by atoms with van der Waals surface area (Å²) < 4.78 is 0. The van der Waals surface area contributed by atoms with Gasteiger partial charge in [0.05, 0.1) is 0 Å². The summed E-state index contributed by atoms with van der Waals surface area (Å²) in [6.07, 6.45) is 0. The van der Waals surface area contributed by atoms with Crippen LogP contribution in [0.2, 0.25) is 0 Å². The Morgan fingerprint density at radius 2 is 1.00 bits per heavy atom. The third-order valence-electron chi connectivity index (χ3n) is 0. The van der Waals surface area contributed by atoms with Crippen LogP contribution in [0.1, 0.15) is 0 Å². The molecule has 0 aromatic rings. The van der Waals surface area contributed by atoms with E-state index in [0.29, 0.717) is 0 Å². The van der Waals surface area contributed by atoms with Gasteiger partial charge in [0.25, 0.3) is 0 Å². The molecule has 6 heteroatoms. The van der Waals surface area contributed by atoms with E-state index in [9.17, 15) is 0 Å². The van der Waals surface area contributed by atoms with Crippen LogP contribution < -0.4 is 0 Å². The van der Waals surface area contributed by atoms with Crippen LogP contribution in [0.5, 0.6) is 0 Å². The maximum atomic E-state index is 0. The van der Waals surface area contributed by atoms with Gasteiger partial charge >= 0.3 is 0 Å². The van der Waals surface area contributed by atoms with Crippen molar-refractivity contribution >= 4 is 121 Å². The van der Waals surface area contributed by atoms with Crippen LogP contribution in [0.15, 0.2) is 0 Å². The van der Waals surface area contributed by atoms with Crippen molar-refractivity contribution in [2.45, 2.75) is 0 Å². The van der Waals surface area contributed by atoms with Crippen LogP contribution in [0.25, 0.3) is 0 Å². The largest absolute Gasteiger partial charge is 0 e.